The molecular formula is C9H6F3N3O3S. The van der Waals surface area contributed by atoms with Gasteiger partial charge in [-0.15, -0.1) is 0 Å². The highest BCUT2D eigenvalue weighted by Gasteiger charge is 2.36. The van der Waals surface area contributed by atoms with Crippen LogP contribution in [0.3, 0.4) is 0 Å². The Morgan fingerprint density at radius 2 is 2.21 bits per heavy atom. The number of carboxylic acids is 1. The lowest BCUT2D eigenvalue weighted by Gasteiger charge is -1.99. The van der Waals surface area contributed by atoms with Crippen molar-refractivity contribution in [2.24, 2.45) is 0 Å². The van der Waals surface area contributed by atoms with Gasteiger partial charge in [0.2, 0.25) is 16.7 Å². The number of hydrogen-bond donors (Lipinski definition) is 2. The topological polar surface area (TPSA) is 88.2 Å². The smallest absolute Gasteiger partial charge is 0.452 e. The first-order valence-electron chi connectivity index (χ1n) is 4.83. The van der Waals surface area contributed by atoms with E-state index in [9.17, 15) is 18.0 Å². The zero-order valence-corrected chi connectivity index (χ0v) is 9.88. The molecule has 2 heterocycles. The van der Waals surface area contributed by atoms with Gasteiger partial charge in [-0.3, -0.25) is 0 Å². The second-order valence-corrected chi connectivity index (χ2v) is 4.10. The maximum absolute atomic E-state index is 12.2. The van der Waals surface area contributed by atoms with Gasteiger partial charge in [-0.2, -0.15) is 22.5 Å². The molecule has 19 heavy (non-hydrogen) atoms. The van der Waals surface area contributed by atoms with E-state index in [4.69, 9.17) is 9.52 Å². The molecule has 2 N–H and O–H groups in total. The van der Waals surface area contributed by atoms with Crippen LogP contribution in [-0.4, -0.2) is 20.4 Å². The molecule has 0 amide bonds. The van der Waals surface area contributed by atoms with E-state index < -0.39 is 18.0 Å². The standard InChI is InChI=1S/C9H6F3N3O3S/c10-9(11,12)7-14-8(19-15-7)13-3-4-1-2-5(18-4)6(16)17/h1-2H,3H2,(H,16,17)(H,13,14,15). The summed E-state index contributed by atoms with van der Waals surface area (Å²) in [6.45, 7) is 0.0137. The Balaban J connectivity index is 1.98. The quantitative estimate of drug-likeness (QED) is 0.900. The van der Waals surface area contributed by atoms with Crippen molar-refractivity contribution >= 4 is 22.6 Å². The van der Waals surface area contributed by atoms with Gasteiger partial charge in [-0.25, -0.2) is 4.79 Å². The van der Waals surface area contributed by atoms with Crippen LogP contribution >= 0.6 is 11.5 Å². The van der Waals surface area contributed by atoms with Crippen LogP contribution in [0.1, 0.15) is 22.1 Å². The van der Waals surface area contributed by atoms with Crippen LogP contribution in [0.4, 0.5) is 18.3 Å². The summed E-state index contributed by atoms with van der Waals surface area (Å²) in [4.78, 5) is 13.8. The number of nitrogens with zero attached hydrogens (tertiary/aromatic N) is 2. The minimum atomic E-state index is -4.59. The third kappa shape index (κ3) is 3.22. The molecule has 2 rings (SSSR count). The molecular weight excluding hydrogens is 287 g/mol. The Labute approximate surface area is 108 Å². The molecule has 0 radical (unpaired) electrons. The fraction of sp³-hybridized carbons (Fsp3) is 0.222. The Hall–Kier alpha value is -2.10. The molecule has 0 aliphatic heterocycles. The normalized spacial score (nSPS) is 11.5. The number of aromatic carboxylic acids is 1. The number of halogens is 3. The Kier molecular flexibility index (Phi) is 3.42. The van der Waals surface area contributed by atoms with E-state index in [0.29, 0.717) is 11.5 Å². The van der Waals surface area contributed by atoms with Crippen LogP contribution in [0.15, 0.2) is 16.5 Å². The highest BCUT2D eigenvalue weighted by molar-refractivity contribution is 7.09. The van der Waals surface area contributed by atoms with Gasteiger partial charge >= 0.3 is 12.1 Å². The summed E-state index contributed by atoms with van der Waals surface area (Å²) in [6.07, 6.45) is -4.59. The third-order valence-electron chi connectivity index (χ3n) is 1.97. The average Bonchev–Trinajstić information content (AvgIpc) is 2.95. The van der Waals surface area contributed by atoms with E-state index >= 15 is 0 Å². The lowest BCUT2D eigenvalue weighted by atomic mass is 10.4. The molecule has 6 nitrogen and oxygen atoms in total. The van der Waals surface area contributed by atoms with Crippen molar-refractivity contribution in [3.63, 3.8) is 0 Å². The molecule has 0 saturated carbocycles. The van der Waals surface area contributed by atoms with E-state index in [1.807, 2.05) is 0 Å². The molecule has 0 unspecified atom stereocenters. The van der Waals surface area contributed by atoms with Crippen molar-refractivity contribution in [1.82, 2.24) is 9.36 Å². The van der Waals surface area contributed by atoms with E-state index in [-0.39, 0.29) is 23.2 Å². The highest BCUT2D eigenvalue weighted by Crippen LogP contribution is 2.29. The van der Waals surface area contributed by atoms with Crippen molar-refractivity contribution in [3.05, 3.63) is 29.5 Å². The van der Waals surface area contributed by atoms with E-state index in [0.717, 1.165) is 0 Å². The van der Waals surface area contributed by atoms with Gasteiger partial charge in [0, 0.05) is 11.5 Å². The predicted octanol–water partition coefficient (Wildman–Crippen LogP) is 2.46. The zero-order chi connectivity index (χ0) is 14.0. The number of alkyl halides is 3. The molecule has 0 fully saturated rings. The molecule has 2 aromatic rings. The van der Waals surface area contributed by atoms with Gasteiger partial charge in [0.05, 0.1) is 6.54 Å². The minimum Gasteiger partial charge on any atom is -0.475 e. The summed E-state index contributed by atoms with van der Waals surface area (Å²) in [5, 5.41) is 11.2. The summed E-state index contributed by atoms with van der Waals surface area (Å²) >= 11 is 0.559. The summed E-state index contributed by atoms with van der Waals surface area (Å²) in [5.74, 6) is -2.42. The van der Waals surface area contributed by atoms with Gasteiger partial charge in [0.15, 0.2) is 0 Å². The number of hydrogen-bond acceptors (Lipinski definition) is 6. The monoisotopic (exact) mass is 293 g/mol. The van der Waals surface area contributed by atoms with Crippen LogP contribution in [0.5, 0.6) is 0 Å². The van der Waals surface area contributed by atoms with Gasteiger partial charge < -0.3 is 14.8 Å². The number of furan rings is 1. The third-order valence-corrected chi connectivity index (χ3v) is 2.64. The molecule has 0 aromatic carbocycles. The van der Waals surface area contributed by atoms with Crippen molar-refractivity contribution < 1.29 is 27.5 Å². The molecule has 0 aliphatic carbocycles. The van der Waals surface area contributed by atoms with Crippen molar-refractivity contribution in [2.45, 2.75) is 12.7 Å². The van der Waals surface area contributed by atoms with Gasteiger partial charge in [-0.1, -0.05) is 0 Å². The first-order chi connectivity index (χ1) is 8.86. The zero-order valence-electron chi connectivity index (χ0n) is 9.06. The van der Waals surface area contributed by atoms with Gasteiger partial charge in [-0.05, 0) is 12.1 Å². The molecule has 2 aromatic heterocycles. The minimum absolute atomic E-state index is 0.0137. The van der Waals surface area contributed by atoms with E-state index in [1.54, 1.807) is 0 Å². The number of carbonyl (C=O) groups is 1. The largest absolute Gasteiger partial charge is 0.475 e. The van der Waals surface area contributed by atoms with Crippen LogP contribution in [0.2, 0.25) is 0 Å². The first-order valence-corrected chi connectivity index (χ1v) is 5.60. The highest BCUT2D eigenvalue weighted by atomic mass is 32.1. The Morgan fingerprint density at radius 1 is 1.47 bits per heavy atom. The molecule has 102 valence electrons. The fourth-order valence-corrected chi connectivity index (χ4v) is 1.74. The first kappa shape index (κ1) is 13.3. The number of aromatic nitrogens is 2. The summed E-state index contributed by atoms with van der Waals surface area (Å²) in [6, 6.07) is 2.66. The Bertz CT molecular complexity index is 593. The lowest BCUT2D eigenvalue weighted by Crippen LogP contribution is -2.07. The Morgan fingerprint density at radius 3 is 2.74 bits per heavy atom. The van der Waals surface area contributed by atoms with Crippen LogP contribution in [-0.2, 0) is 12.7 Å². The van der Waals surface area contributed by atoms with E-state index in [2.05, 4.69) is 14.7 Å². The van der Waals surface area contributed by atoms with Crippen molar-refractivity contribution in [1.29, 1.82) is 0 Å². The second kappa shape index (κ2) is 4.88. The van der Waals surface area contributed by atoms with Crippen LogP contribution in [0.25, 0.3) is 0 Å². The summed E-state index contributed by atoms with van der Waals surface area (Å²) < 4.78 is 44.7. The van der Waals surface area contributed by atoms with Crippen LogP contribution in [0, 0.1) is 0 Å². The number of rotatable bonds is 4. The second-order valence-electron chi connectivity index (χ2n) is 3.35. The molecule has 0 saturated heterocycles. The van der Waals surface area contributed by atoms with Crippen molar-refractivity contribution in [3.8, 4) is 0 Å². The van der Waals surface area contributed by atoms with Gasteiger partial charge in [0.25, 0.3) is 0 Å². The maximum atomic E-state index is 12.2. The van der Waals surface area contributed by atoms with Crippen LogP contribution < -0.4 is 5.32 Å². The average molecular weight is 293 g/mol. The number of carboxylic acid groups (broad SMARTS) is 1. The van der Waals surface area contributed by atoms with E-state index in [1.165, 1.54) is 12.1 Å². The number of nitrogens with one attached hydrogen (secondary N) is 1. The molecule has 0 bridgehead atoms. The lowest BCUT2D eigenvalue weighted by molar-refractivity contribution is -0.144. The summed E-state index contributed by atoms with van der Waals surface area (Å²) in [7, 11) is 0. The summed E-state index contributed by atoms with van der Waals surface area (Å²) in [5.41, 5.74) is 0. The number of anilines is 1. The van der Waals surface area contributed by atoms with Gasteiger partial charge in [0.1, 0.15) is 5.76 Å². The fourth-order valence-electron chi connectivity index (χ4n) is 1.16. The molecule has 0 aliphatic rings. The molecule has 10 heteroatoms. The molecule has 0 spiro atoms. The predicted molar refractivity (Wildman–Crippen MR) is 57.9 cm³/mol. The SMILES string of the molecule is O=C(O)c1ccc(CNc2nc(C(F)(F)F)ns2)o1. The van der Waals surface area contributed by atoms with Crippen molar-refractivity contribution in [2.75, 3.05) is 5.32 Å². The molecule has 0 atom stereocenters. The maximum Gasteiger partial charge on any atom is 0.452 e.